The van der Waals surface area contributed by atoms with Gasteiger partial charge in [-0.25, -0.2) is 14.8 Å². The van der Waals surface area contributed by atoms with E-state index in [0.717, 1.165) is 0 Å². The number of aromatic hydroxyl groups is 1. The third-order valence-corrected chi connectivity index (χ3v) is 5.95. The van der Waals surface area contributed by atoms with E-state index in [1.165, 1.54) is 37.2 Å². The highest BCUT2D eigenvalue weighted by Gasteiger charge is 2.32. The van der Waals surface area contributed by atoms with Crippen molar-refractivity contribution >= 4 is 29.7 Å². The van der Waals surface area contributed by atoms with Crippen molar-refractivity contribution in [3.8, 4) is 5.75 Å². The average Bonchev–Trinajstić information content (AvgIpc) is 3.63. The third kappa shape index (κ3) is 9.47. The Morgan fingerprint density at radius 2 is 1.27 bits per heavy atom. The summed E-state index contributed by atoms with van der Waals surface area (Å²) in [6.45, 7) is 0. The van der Waals surface area contributed by atoms with Gasteiger partial charge in [0.2, 0.25) is 17.7 Å². The zero-order valence-electron chi connectivity index (χ0n) is 21.6. The number of hydrogen-bond acceptors (Lipinski definition) is 9. The standard InChI is InChI=1S/C25H30N8O8/c26-17(5-13-1-3-16(34)4-2-13)22(37)31-19(8-21(35)36)24(39)32-18(6-14-9-27-11-29-14)23(38)33-20(25(40)41)7-15-10-28-12-30-15/h1-4,9-12,17-20,34H,5-8,26H2,(H,27,29)(H,28,30)(H,31,37)(H,32,39)(H,33,38)(H,35,36)(H,40,41). The number of carboxylic acids is 2. The summed E-state index contributed by atoms with van der Waals surface area (Å²) in [6, 6.07) is 0.417. The largest absolute Gasteiger partial charge is 0.508 e. The van der Waals surface area contributed by atoms with Crippen LogP contribution in [0.3, 0.4) is 0 Å². The molecule has 1 aromatic carbocycles. The van der Waals surface area contributed by atoms with E-state index in [4.69, 9.17) is 5.73 Å². The number of imidazole rings is 2. The summed E-state index contributed by atoms with van der Waals surface area (Å²) in [5, 5.41) is 35.4. The number of carbonyl (C=O) groups excluding carboxylic acids is 3. The van der Waals surface area contributed by atoms with E-state index in [2.05, 4.69) is 35.9 Å². The molecule has 4 atom stereocenters. The van der Waals surface area contributed by atoms with Crippen molar-refractivity contribution < 1.29 is 39.3 Å². The molecule has 2 aromatic heterocycles. The van der Waals surface area contributed by atoms with E-state index in [1.54, 1.807) is 12.1 Å². The van der Waals surface area contributed by atoms with Gasteiger partial charge >= 0.3 is 11.9 Å². The van der Waals surface area contributed by atoms with E-state index in [0.29, 0.717) is 17.0 Å². The predicted octanol–water partition coefficient (Wildman–Crippen LogP) is -1.79. The Labute approximate surface area is 232 Å². The molecule has 218 valence electrons. The van der Waals surface area contributed by atoms with E-state index >= 15 is 0 Å². The van der Waals surface area contributed by atoms with Crippen LogP contribution in [0.25, 0.3) is 0 Å². The van der Waals surface area contributed by atoms with E-state index in [-0.39, 0.29) is 25.0 Å². The van der Waals surface area contributed by atoms with Gasteiger partial charge in [0.1, 0.15) is 23.9 Å². The average molecular weight is 571 g/mol. The molecule has 2 heterocycles. The molecule has 3 aromatic rings. The summed E-state index contributed by atoms with van der Waals surface area (Å²) >= 11 is 0. The molecule has 0 aliphatic carbocycles. The molecular formula is C25H30N8O8. The minimum atomic E-state index is -1.61. The molecule has 0 saturated heterocycles. The number of amides is 3. The van der Waals surface area contributed by atoms with Gasteiger partial charge in [0.05, 0.1) is 25.1 Å². The first kappa shape index (κ1) is 30.3. The minimum absolute atomic E-state index is 0.0228. The number of H-pyrrole nitrogens is 2. The van der Waals surface area contributed by atoms with Gasteiger partial charge < -0.3 is 47.0 Å². The number of aromatic amines is 2. The van der Waals surface area contributed by atoms with Crippen molar-refractivity contribution in [3.05, 3.63) is 66.3 Å². The fourth-order valence-corrected chi connectivity index (χ4v) is 3.83. The number of rotatable bonds is 15. The summed E-state index contributed by atoms with van der Waals surface area (Å²) in [4.78, 5) is 75.5. The van der Waals surface area contributed by atoms with Crippen molar-refractivity contribution in [1.29, 1.82) is 0 Å². The number of nitrogens with two attached hydrogens (primary N) is 1. The van der Waals surface area contributed by atoms with Gasteiger partial charge in [-0.2, -0.15) is 0 Å². The van der Waals surface area contributed by atoms with Crippen LogP contribution in [0.15, 0.2) is 49.3 Å². The summed E-state index contributed by atoms with van der Waals surface area (Å²) in [5.41, 5.74) is 7.43. The molecule has 3 amide bonds. The maximum atomic E-state index is 13.2. The normalized spacial score (nSPS) is 13.8. The molecule has 0 aliphatic heterocycles. The number of carbonyl (C=O) groups is 5. The fraction of sp³-hybridized carbons (Fsp3) is 0.320. The molecule has 3 rings (SSSR count). The summed E-state index contributed by atoms with van der Waals surface area (Å²) in [5.74, 6) is -5.41. The van der Waals surface area contributed by atoms with Crippen LogP contribution in [0.5, 0.6) is 5.75 Å². The van der Waals surface area contributed by atoms with Crippen LogP contribution in [-0.4, -0.2) is 89.1 Å². The summed E-state index contributed by atoms with van der Waals surface area (Å²) in [7, 11) is 0. The van der Waals surface area contributed by atoms with E-state index in [9.17, 15) is 39.3 Å². The Kier molecular flexibility index (Phi) is 10.5. The van der Waals surface area contributed by atoms with Gasteiger partial charge in [-0.1, -0.05) is 12.1 Å². The monoisotopic (exact) mass is 570 g/mol. The number of hydrogen-bond donors (Lipinski definition) is 9. The second kappa shape index (κ2) is 14.2. The van der Waals surface area contributed by atoms with Gasteiger partial charge in [-0.3, -0.25) is 19.2 Å². The van der Waals surface area contributed by atoms with Crippen molar-refractivity contribution in [2.45, 2.75) is 49.9 Å². The summed E-state index contributed by atoms with van der Waals surface area (Å²) in [6.07, 6.45) is 4.43. The number of nitrogens with zero attached hydrogens (tertiary/aromatic N) is 2. The highest BCUT2D eigenvalue weighted by molar-refractivity contribution is 5.95. The van der Waals surface area contributed by atoms with Crippen LogP contribution >= 0.6 is 0 Å². The zero-order chi connectivity index (χ0) is 29.9. The predicted molar refractivity (Wildman–Crippen MR) is 140 cm³/mol. The molecule has 0 spiro atoms. The lowest BCUT2D eigenvalue weighted by Crippen LogP contribution is -2.58. The van der Waals surface area contributed by atoms with Gasteiger partial charge in [-0.05, 0) is 24.1 Å². The maximum Gasteiger partial charge on any atom is 0.326 e. The van der Waals surface area contributed by atoms with Gasteiger partial charge in [0.15, 0.2) is 0 Å². The number of phenolic OH excluding ortho intramolecular Hbond substituents is 1. The zero-order valence-corrected chi connectivity index (χ0v) is 21.6. The quantitative estimate of drug-likeness (QED) is 0.0984. The van der Waals surface area contributed by atoms with Gasteiger partial charge in [0.25, 0.3) is 0 Å². The van der Waals surface area contributed by atoms with Crippen LogP contribution in [0.4, 0.5) is 0 Å². The first-order valence-corrected chi connectivity index (χ1v) is 12.4. The van der Waals surface area contributed by atoms with Gasteiger partial charge in [-0.15, -0.1) is 0 Å². The van der Waals surface area contributed by atoms with Crippen molar-refractivity contribution in [1.82, 2.24) is 35.9 Å². The molecule has 0 radical (unpaired) electrons. The lowest BCUT2D eigenvalue weighted by Gasteiger charge is -2.24. The minimum Gasteiger partial charge on any atom is -0.508 e. The number of benzene rings is 1. The van der Waals surface area contributed by atoms with Crippen LogP contribution in [-0.2, 0) is 43.2 Å². The first-order valence-electron chi connectivity index (χ1n) is 12.4. The van der Waals surface area contributed by atoms with E-state index < -0.39 is 60.2 Å². The molecule has 10 N–H and O–H groups in total. The first-order chi connectivity index (χ1) is 19.5. The Hall–Kier alpha value is -5.25. The fourth-order valence-electron chi connectivity index (χ4n) is 3.83. The highest BCUT2D eigenvalue weighted by atomic mass is 16.4. The number of aromatic nitrogens is 4. The smallest absolute Gasteiger partial charge is 0.326 e. The molecule has 0 fully saturated rings. The Morgan fingerprint density at radius 1 is 0.756 bits per heavy atom. The lowest BCUT2D eigenvalue weighted by molar-refractivity contribution is -0.143. The maximum absolute atomic E-state index is 13.2. The molecule has 41 heavy (non-hydrogen) atoms. The van der Waals surface area contributed by atoms with Crippen molar-refractivity contribution in [3.63, 3.8) is 0 Å². The molecular weight excluding hydrogens is 540 g/mol. The van der Waals surface area contributed by atoms with E-state index in [1.807, 2.05) is 0 Å². The Balaban J connectivity index is 1.73. The lowest BCUT2D eigenvalue weighted by atomic mass is 10.0. The van der Waals surface area contributed by atoms with Crippen LogP contribution in [0.2, 0.25) is 0 Å². The Morgan fingerprint density at radius 3 is 1.78 bits per heavy atom. The number of aliphatic carboxylic acids is 2. The van der Waals surface area contributed by atoms with Crippen LogP contribution in [0, 0.1) is 0 Å². The number of carboxylic acid groups (broad SMARTS) is 2. The number of nitrogens with one attached hydrogen (secondary N) is 5. The third-order valence-electron chi connectivity index (χ3n) is 5.95. The molecule has 16 nitrogen and oxygen atoms in total. The van der Waals surface area contributed by atoms with Gasteiger partial charge in [0, 0.05) is 36.6 Å². The second-order valence-corrected chi connectivity index (χ2v) is 9.16. The van der Waals surface area contributed by atoms with Crippen molar-refractivity contribution in [2.75, 3.05) is 0 Å². The summed E-state index contributed by atoms with van der Waals surface area (Å²) < 4.78 is 0. The molecule has 16 heteroatoms. The SMILES string of the molecule is NC(Cc1ccc(O)cc1)C(=O)NC(CC(=O)O)C(=O)NC(Cc1cnc[nH]1)C(=O)NC(Cc1cnc[nH]1)C(=O)O. The molecule has 0 bridgehead atoms. The molecule has 0 aliphatic rings. The van der Waals surface area contributed by atoms with Crippen molar-refractivity contribution in [2.24, 2.45) is 5.73 Å². The second-order valence-electron chi connectivity index (χ2n) is 9.16. The van der Waals surface area contributed by atoms with Crippen LogP contribution < -0.4 is 21.7 Å². The molecule has 4 unspecified atom stereocenters. The topological polar surface area (TPSA) is 266 Å². The number of phenols is 1. The van der Waals surface area contributed by atoms with Crippen LogP contribution in [0.1, 0.15) is 23.4 Å². The Bertz CT molecular complexity index is 1330. The molecule has 0 saturated carbocycles. The highest BCUT2D eigenvalue weighted by Crippen LogP contribution is 2.11.